The van der Waals surface area contributed by atoms with E-state index < -0.39 is 5.97 Å². The van der Waals surface area contributed by atoms with Gasteiger partial charge in [0.1, 0.15) is 0 Å². The Morgan fingerprint density at radius 2 is 1.39 bits per heavy atom. The van der Waals surface area contributed by atoms with E-state index in [4.69, 9.17) is 9.78 Å². The molecule has 0 spiro atoms. The van der Waals surface area contributed by atoms with E-state index in [2.05, 4.69) is 24.3 Å². The van der Waals surface area contributed by atoms with Gasteiger partial charge in [0.2, 0.25) is 0 Å². The number of benzene rings is 3. The van der Waals surface area contributed by atoms with Gasteiger partial charge < -0.3 is 0 Å². The van der Waals surface area contributed by atoms with Crippen molar-refractivity contribution < 1.29 is 14.6 Å². The zero-order valence-electron chi connectivity index (χ0n) is 15.4. The second-order valence-electron chi connectivity index (χ2n) is 6.17. The van der Waals surface area contributed by atoms with Crippen molar-refractivity contribution in [2.24, 2.45) is 0 Å². The van der Waals surface area contributed by atoms with Crippen LogP contribution >= 0.6 is 0 Å². The minimum atomic E-state index is -0.488. The molecule has 0 saturated heterocycles. The van der Waals surface area contributed by atoms with Crippen LogP contribution in [0.25, 0.3) is 0 Å². The Bertz CT molecular complexity index is 823. The fraction of sp³-hybridized carbons (Fsp3) is 0.125. The fourth-order valence-electron chi connectivity index (χ4n) is 2.61. The summed E-state index contributed by atoms with van der Waals surface area (Å²) in [6.45, 7) is 0.238. The third-order valence-corrected chi connectivity index (χ3v) is 6.42. The van der Waals surface area contributed by atoms with Crippen molar-refractivity contribution in [3.8, 4) is 0 Å². The first kappa shape index (κ1) is 20.1. The molecule has 0 bridgehead atoms. The van der Waals surface area contributed by atoms with Crippen LogP contribution in [0.3, 0.4) is 0 Å². The van der Waals surface area contributed by atoms with Gasteiger partial charge in [-0.05, 0) is 0 Å². The van der Waals surface area contributed by atoms with Crippen LogP contribution < -0.4 is 4.46 Å². The molecule has 3 aromatic rings. The summed E-state index contributed by atoms with van der Waals surface area (Å²) in [4.78, 5) is 22.2. The van der Waals surface area contributed by atoms with Crippen LogP contribution in [-0.2, 0) is 27.6 Å². The van der Waals surface area contributed by atoms with Crippen molar-refractivity contribution in [1.29, 1.82) is 0 Å². The third-order valence-electron chi connectivity index (χ3n) is 3.97. The van der Waals surface area contributed by atoms with Gasteiger partial charge >= 0.3 is 172 Å². The van der Waals surface area contributed by atoms with Crippen LogP contribution in [0.15, 0.2) is 103 Å². The number of rotatable bonds is 9. The Kier molecular flexibility index (Phi) is 8.07. The summed E-state index contributed by atoms with van der Waals surface area (Å²) in [7, 11) is 0. The number of carbonyl (C=O) groups excluding carboxylic acids is 1. The van der Waals surface area contributed by atoms with Gasteiger partial charge in [0.15, 0.2) is 0 Å². The summed E-state index contributed by atoms with van der Waals surface area (Å²) in [6, 6.07) is 30.3. The molecule has 0 radical (unpaired) electrons. The van der Waals surface area contributed by atoms with E-state index in [1.165, 1.54) is 16.1 Å². The summed E-state index contributed by atoms with van der Waals surface area (Å²) in [5.74, 6) is -0.488. The molecule has 1 atom stereocenters. The molecule has 142 valence electrons. The van der Waals surface area contributed by atoms with Crippen LogP contribution in [0.1, 0.15) is 11.1 Å². The van der Waals surface area contributed by atoms with Gasteiger partial charge in [0.25, 0.3) is 0 Å². The van der Waals surface area contributed by atoms with Crippen molar-refractivity contribution in [2.45, 2.75) is 17.8 Å². The maximum absolute atomic E-state index is 12.0. The standard InChI is InChI=1S/C24H22O3Se/c25-24(27-26-19-21-12-6-2-7-13-21)17-16-23(18-20-10-4-1-5-11-20)28-22-14-8-3-9-15-22/h1-17,23H,18-19H2/b17-16+/t23-/m1/s1. The van der Waals surface area contributed by atoms with Crippen molar-refractivity contribution in [1.82, 2.24) is 0 Å². The van der Waals surface area contributed by atoms with E-state index in [0.717, 1.165) is 12.0 Å². The van der Waals surface area contributed by atoms with Crippen LogP contribution in [0, 0.1) is 0 Å². The summed E-state index contributed by atoms with van der Waals surface area (Å²) in [5, 5.41) is 0. The Morgan fingerprint density at radius 3 is 2.04 bits per heavy atom. The molecule has 0 saturated carbocycles. The van der Waals surface area contributed by atoms with Crippen LogP contribution in [0.2, 0.25) is 4.82 Å². The first-order chi connectivity index (χ1) is 13.8. The quantitative estimate of drug-likeness (QED) is 0.217. The molecule has 0 unspecified atom stereocenters. The third kappa shape index (κ3) is 7.16. The Hall–Kier alpha value is -2.65. The predicted molar refractivity (Wildman–Crippen MR) is 112 cm³/mol. The van der Waals surface area contributed by atoms with E-state index in [1.54, 1.807) is 0 Å². The molecule has 0 aliphatic heterocycles. The average Bonchev–Trinajstić information content (AvgIpc) is 2.74. The summed E-state index contributed by atoms with van der Waals surface area (Å²) < 4.78 is 1.30. The van der Waals surface area contributed by atoms with Gasteiger partial charge in [-0.15, -0.1) is 0 Å². The molecule has 4 heteroatoms. The van der Waals surface area contributed by atoms with Gasteiger partial charge in [-0.1, -0.05) is 0 Å². The molecule has 3 nitrogen and oxygen atoms in total. The molecular weight excluding hydrogens is 415 g/mol. The fourth-order valence-corrected chi connectivity index (χ4v) is 4.91. The molecule has 0 aliphatic carbocycles. The topological polar surface area (TPSA) is 35.5 Å². The van der Waals surface area contributed by atoms with Crippen LogP contribution in [0.5, 0.6) is 0 Å². The number of hydrogen-bond acceptors (Lipinski definition) is 3. The van der Waals surface area contributed by atoms with Crippen molar-refractivity contribution in [3.05, 3.63) is 114 Å². The van der Waals surface area contributed by atoms with Crippen molar-refractivity contribution in [2.75, 3.05) is 0 Å². The minimum absolute atomic E-state index is 0.207. The first-order valence-corrected chi connectivity index (χ1v) is 11.0. The van der Waals surface area contributed by atoms with Crippen molar-refractivity contribution >= 4 is 25.4 Å². The Labute approximate surface area is 172 Å². The van der Waals surface area contributed by atoms with E-state index in [9.17, 15) is 4.79 Å². The Morgan fingerprint density at radius 1 is 0.821 bits per heavy atom. The van der Waals surface area contributed by atoms with Gasteiger partial charge in [0, 0.05) is 0 Å². The zero-order valence-corrected chi connectivity index (χ0v) is 17.2. The average molecular weight is 437 g/mol. The SMILES string of the molecule is O=C(/C=C/[C@H](Cc1ccccc1)[Se]c1ccccc1)OOCc1ccccc1. The van der Waals surface area contributed by atoms with E-state index in [1.807, 2.05) is 72.8 Å². The number of carbonyl (C=O) groups is 1. The van der Waals surface area contributed by atoms with E-state index in [-0.39, 0.29) is 26.4 Å². The van der Waals surface area contributed by atoms with Gasteiger partial charge in [-0.2, -0.15) is 0 Å². The summed E-state index contributed by atoms with van der Waals surface area (Å²) in [5.41, 5.74) is 2.21. The second-order valence-corrected chi connectivity index (χ2v) is 8.92. The molecule has 0 fully saturated rings. The van der Waals surface area contributed by atoms with E-state index >= 15 is 0 Å². The molecule has 3 rings (SSSR count). The summed E-state index contributed by atoms with van der Waals surface area (Å²) in [6.07, 6.45) is 4.29. The predicted octanol–water partition coefficient (Wildman–Crippen LogP) is 4.28. The maximum atomic E-state index is 12.0. The molecular formula is C24H22O3Se. The van der Waals surface area contributed by atoms with E-state index in [0.29, 0.717) is 0 Å². The number of allylic oxidation sites excluding steroid dienone is 1. The molecule has 0 aromatic heterocycles. The molecule has 0 amide bonds. The first-order valence-electron chi connectivity index (χ1n) is 9.11. The monoisotopic (exact) mass is 438 g/mol. The van der Waals surface area contributed by atoms with Gasteiger partial charge in [0.05, 0.1) is 0 Å². The zero-order chi connectivity index (χ0) is 19.4. The molecule has 0 aliphatic rings. The molecule has 0 N–H and O–H groups in total. The molecule has 0 heterocycles. The Balaban J connectivity index is 1.56. The van der Waals surface area contributed by atoms with Gasteiger partial charge in [-0.3, -0.25) is 0 Å². The van der Waals surface area contributed by atoms with Crippen LogP contribution in [-0.4, -0.2) is 20.9 Å². The number of hydrogen-bond donors (Lipinski definition) is 0. The van der Waals surface area contributed by atoms with Gasteiger partial charge in [-0.25, -0.2) is 0 Å². The van der Waals surface area contributed by atoms with Crippen molar-refractivity contribution in [3.63, 3.8) is 0 Å². The normalized spacial score (nSPS) is 12.0. The summed E-state index contributed by atoms with van der Waals surface area (Å²) >= 11 is 0.207. The second kappa shape index (κ2) is 11.3. The molecule has 3 aromatic carbocycles. The van der Waals surface area contributed by atoms with Crippen LogP contribution in [0.4, 0.5) is 0 Å². The molecule has 28 heavy (non-hydrogen) atoms.